The highest BCUT2D eigenvalue weighted by Gasteiger charge is 2.56. The van der Waals surface area contributed by atoms with Crippen molar-refractivity contribution in [2.45, 2.75) is 32.0 Å². The molecule has 1 N–H and O–H groups in total. The molecule has 27 heavy (non-hydrogen) atoms. The molecule has 1 aromatic heterocycles. The molecule has 2 saturated heterocycles. The minimum atomic E-state index is -4.60. The quantitative estimate of drug-likeness (QED) is 0.865. The van der Waals surface area contributed by atoms with E-state index in [0.717, 1.165) is 12.5 Å². The maximum atomic E-state index is 13.4. The fourth-order valence-electron chi connectivity index (χ4n) is 4.41. The van der Waals surface area contributed by atoms with Crippen LogP contribution < -0.4 is 9.80 Å². The number of fused-ring (bicyclic) bond motifs is 1. The zero-order valence-electron chi connectivity index (χ0n) is 14.7. The number of carbonyl (C=O) groups is 1. The van der Waals surface area contributed by atoms with Crippen molar-refractivity contribution in [2.75, 3.05) is 29.4 Å². The van der Waals surface area contributed by atoms with Gasteiger partial charge in [0.15, 0.2) is 0 Å². The number of hydrogen-bond donors (Lipinski definition) is 1. The first-order chi connectivity index (χ1) is 12.7. The zero-order chi connectivity index (χ0) is 19.5. The Bertz CT molecular complexity index is 823. The number of halogens is 3. The minimum absolute atomic E-state index is 0.0489. The first kappa shape index (κ1) is 17.9. The van der Waals surface area contributed by atoms with Gasteiger partial charge in [0.25, 0.3) is 0 Å². The molecule has 1 aliphatic carbocycles. The van der Waals surface area contributed by atoms with Crippen LogP contribution in [0.1, 0.15) is 31.0 Å². The van der Waals surface area contributed by atoms with E-state index in [0.29, 0.717) is 19.6 Å². The van der Waals surface area contributed by atoms with Crippen LogP contribution in [0.25, 0.3) is 0 Å². The van der Waals surface area contributed by atoms with Gasteiger partial charge in [-0.2, -0.15) is 18.4 Å². The van der Waals surface area contributed by atoms with Gasteiger partial charge in [-0.25, -0.2) is 4.98 Å². The molecule has 3 fully saturated rings. The molecule has 0 aromatic carbocycles. The number of hydrogen-bond acceptors (Lipinski definition) is 5. The molecule has 0 bridgehead atoms. The molecule has 3 atom stereocenters. The molecule has 1 aromatic rings. The Labute approximate surface area is 154 Å². The zero-order valence-corrected chi connectivity index (χ0v) is 14.7. The van der Waals surface area contributed by atoms with E-state index in [2.05, 4.69) is 11.1 Å². The Morgan fingerprint density at radius 3 is 2.52 bits per heavy atom. The predicted molar refractivity (Wildman–Crippen MR) is 90.3 cm³/mol. The lowest BCUT2D eigenvalue weighted by Crippen LogP contribution is -2.47. The van der Waals surface area contributed by atoms with Gasteiger partial charge in [0.2, 0.25) is 0 Å². The van der Waals surface area contributed by atoms with Gasteiger partial charge in [0.05, 0.1) is 5.69 Å². The number of rotatable bonds is 4. The van der Waals surface area contributed by atoms with E-state index in [1.165, 1.54) is 0 Å². The van der Waals surface area contributed by atoms with E-state index in [9.17, 15) is 23.2 Å². The third-order valence-corrected chi connectivity index (χ3v) is 6.10. The molecule has 3 heterocycles. The summed E-state index contributed by atoms with van der Waals surface area (Å²) in [5.41, 5.74) is -0.561. The molecule has 0 amide bonds. The molecular formula is C18H19F3N4O2. The second kappa shape index (κ2) is 6.01. The number of carboxylic acid groups (broad SMARTS) is 1. The number of aliphatic carboxylic acids is 1. The van der Waals surface area contributed by atoms with Crippen LogP contribution in [-0.2, 0) is 11.0 Å². The molecule has 9 heteroatoms. The van der Waals surface area contributed by atoms with E-state index in [1.807, 2.05) is 6.92 Å². The number of carboxylic acids is 1. The summed E-state index contributed by atoms with van der Waals surface area (Å²) in [4.78, 5) is 18.2. The van der Waals surface area contributed by atoms with Crippen molar-refractivity contribution < 1.29 is 23.1 Å². The van der Waals surface area contributed by atoms with Gasteiger partial charge in [-0.1, -0.05) is 0 Å². The van der Waals surface area contributed by atoms with E-state index in [4.69, 9.17) is 5.11 Å². The Balaban J connectivity index is 1.67. The van der Waals surface area contributed by atoms with Crippen LogP contribution in [0.4, 0.5) is 24.7 Å². The van der Waals surface area contributed by atoms with Crippen LogP contribution in [0.15, 0.2) is 6.07 Å². The maximum Gasteiger partial charge on any atom is 0.433 e. The normalized spacial score (nSPS) is 29.1. The molecule has 6 nitrogen and oxygen atoms in total. The van der Waals surface area contributed by atoms with Crippen molar-refractivity contribution in [3.05, 3.63) is 17.3 Å². The minimum Gasteiger partial charge on any atom is -0.481 e. The van der Waals surface area contributed by atoms with Crippen molar-refractivity contribution in [3.8, 4) is 6.07 Å². The van der Waals surface area contributed by atoms with Crippen molar-refractivity contribution in [2.24, 2.45) is 17.8 Å². The van der Waals surface area contributed by atoms with Gasteiger partial charge < -0.3 is 14.9 Å². The summed E-state index contributed by atoms with van der Waals surface area (Å²) in [7, 11) is 0. The Morgan fingerprint density at radius 1 is 1.41 bits per heavy atom. The fraction of sp³-hybridized carbons (Fsp3) is 0.611. The Hall–Kier alpha value is -2.50. The standard InChI is InChI=1S/C18H19F3N4O2/c1-9-2-3-25(9)17-11(6-22)14(5-15(23-17)18(19,20)21)24-7-12-10(4-16(26)27)13(12)8-24/h5,9-10,12-13H,2-4,7-8H2,1H3,(H,26,27)/t9-,10?,12?,13?/m0/s1. The SMILES string of the molecule is C[C@H]1CCN1c1nc(C(F)(F)F)cc(N2CC3C(CC(=O)O)C3C2)c1C#N. The smallest absolute Gasteiger partial charge is 0.433 e. The summed E-state index contributed by atoms with van der Waals surface area (Å²) >= 11 is 0. The monoisotopic (exact) mass is 380 g/mol. The van der Waals surface area contributed by atoms with Crippen molar-refractivity contribution in [3.63, 3.8) is 0 Å². The van der Waals surface area contributed by atoms with Gasteiger partial charge in [0, 0.05) is 32.1 Å². The molecule has 144 valence electrons. The average molecular weight is 380 g/mol. The highest BCUT2D eigenvalue weighted by molar-refractivity contribution is 5.73. The van der Waals surface area contributed by atoms with E-state index in [1.54, 1.807) is 9.80 Å². The summed E-state index contributed by atoms with van der Waals surface area (Å²) in [6.07, 6.45) is -3.65. The van der Waals surface area contributed by atoms with Gasteiger partial charge >= 0.3 is 12.1 Å². The van der Waals surface area contributed by atoms with Crippen LogP contribution in [0.5, 0.6) is 0 Å². The van der Waals surface area contributed by atoms with Crippen molar-refractivity contribution in [1.82, 2.24) is 4.98 Å². The van der Waals surface area contributed by atoms with E-state index in [-0.39, 0.29) is 47.3 Å². The number of anilines is 2. The molecule has 3 aliphatic rings. The first-order valence-electron chi connectivity index (χ1n) is 8.96. The third kappa shape index (κ3) is 2.97. The van der Waals surface area contributed by atoms with Crippen LogP contribution in [0, 0.1) is 29.1 Å². The molecule has 0 spiro atoms. The number of aromatic nitrogens is 1. The molecule has 4 rings (SSSR count). The summed E-state index contributed by atoms with van der Waals surface area (Å²) in [6, 6.07) is 3.07. The molecule has 0 radical (unpaired) electrons. The van der Waals surface area contributed by atoms with Crippen LogP contribution in [0.3, 0.4) is 0 Å². The summed E-state index contributed by atoms with van der Waals surface area (Å²) < 4.78 is 40.2. The summed E-state index contributed by atoms with van der Waals surface area (Å²) in [5, 5.41) is 18.6. The Morgan fingerprint density at radius 2 is 2.07 bits per heavy atom. The third-order valence-electron chi connectivity index (χ3n) is 6.10. The van der Waals surface area contributed by atoms with Crippen LogP contribution in [0.2, 0.25) is 0 Å². The molecule has 2 unspecified atom stereocenters. The van der Waals surface area contributed by atoms with Gasteiger partial charge in [0.1, 0.15) is 23.1 Å². The van der Waals surface area contributed by atoms with Crippen LogP contribution in [-0.4, -0.2) is 41.7 Å². The van der Waals surface area contributed by atoms with Crippen molar-refractivity contribution >= 4 is 17.5 Å². The largest absolute Gasteiger partial charge is 0.481 e. The first-order valence-corrected chi connectivity index (χ1v) is 8.96. The van der Waals surface area contributed by atoms with Gasteiger partial charge in [-0.15, -0.1) is 0 Å². The molecule has 2 aliphatic heterocycles. The number of nitriles is 1. The van der Waals surface area contributed by atoms with E-state index >= 15 is 0 Å². The predicted octanol–water partition coefficient (Wildman–Crippen LogP) is 2.73. The maximum absolute atomic E-state index is 13.4. The number of pyridine rings is 1. The fourth-order valence-corrected chi connectivity index (χ4v) is 4.41. The average Bonchev–Trinajstić information content (AvgIpc) is 3.02. The van der Waals surface area contributed by atoms with Gasteiger partial charge in [-0.3, -0.25) is 4.79 Å². The Kier molecular flexibility index (Phi) is 3.98. The number of piperidine rings is 1. The van der Waals surface area contributed by atoms with Crippen molar-refractivity contribution in [1.29, 1.82) is 5.26 Å². The topological polar surface area (TPSA) is 80.5 Å². The molecular weight excluding hydrogens is 361 g/mol. The lowest BCUT2D eigenvalue weighted by atomic mass is 10.0. The molecule has 1 saturated carbocycles. The van der Waals surface area contributed by atoms with Gasteiger partial charge in [-0.05, 0) is 37.2 Å². The lowest BCUT2D eigenvalue weighted by Gasteiger charge is -2.41. The van der Waals surface area contributed by atoms with E-state index < -0.39 is 17.8 Å². The highest BCUT2D eigenvalue weighted by Crippen LogP contribution is 2.55. The number of alkyl halides is 3. The lowest BCUT2D eigenvalue weighted by molar-refractivity contribution is -0.141. The second-order valence-electron chi connectivity index (χ2n) is 7.66. The van der Waals surface area contributed by atoms with Crippen LogP contribution >= 0.6 is 0 Å². The summed E-state index contributed by atoms with van der Waals surface area (Å²) in [5.74, 6) is -0.328. The summed E-state index contributed by atoms with van der Waals surface area (Å²) in [6.45, 7) is 3.44. The second-order valence-corrected chi connectivity index (χ2v) is 7.66. The number of nitrogens with zero attached hydrogens (tertiary/aromatic N) is 4. The highest BCUT2D eigenvalue weighted by atomic mass is 19.4.